The molecule has 0 rings (SSSR count). The summed E-state index contributed by atoms with van der Waals surface area (Å²) in [6.45, 7) is 9.61. The van der Waals surface area contributed by atoms with Crippen molar-refractivity contribution in [3.05, 3.63) is 0 Å². The van der Waals surface area contributed by atoms with Gasteiger partial charge in [-0.2, -0.15) is 5.26 Å². The Morgan fingerprint density at radius 3 is 2.21 bits per heavy atom. The highest BCUT2D eigenvalue weighted by Crippen LogP contribution is 2.17. The van der Waals surface area contributed by atoms with E-state index >= 15 is 0 Å². The normalized spacial score (nSPS) is 15.6. The summed E-state index contributed by atoms with van der Waals surface area (Å²) in [5, 5.41) is 12.5. The van der Waals surface area contributed by atoms with E-state index in [9.17, 15) is 5.26 Å². The van der Waals surface area contributed by atoms with Crippen LogP contribution in [0.2, 0.25) is 0 Å². The maximum absolute atomic E-state index is 9.20. The monoisotopic (exact) mass is 198 g/mol. The Hall–Kier alpha value is -0.590. The van der Waals surface area contributed by atoms with Crippen molar-refractivity contribution in [2.24, 2.45) is 11.8 Å². The molecule has 1 N–H and O–H groups in total. The highest BCUT2D eigenvalue weighted by atomic mass is 16.5. The number of methoxy groups -OCH3 is 1. The summed E-state index contributed by atoms with van der Waals surface area (Å²) in [4.78, 5) is 0. The Bertz CT molecular complexity index is 196. The van der Waals surface area contributed by atoms with E-state index in [-0.39, 0.29) is 5.92 Å². The predicted octanol–water partition coefficient (Wildman–Crippen LogP) is 1.80. The molecule has 0 saturated carbocycles. The molecular formula is C11H22N2O. The molecule has 1 atom stereocenters. The highest BCUT2D eigenvalue weighted by Gasteiger charge is 2.33. The van der Waals surface area contributed by atoms with E-state index in [4.69, 9.17) is 4.74 Å². The van der Waals surface area contributed by atoms with Crippen LogP contribution in [0.25, 0.3) is 0 Å². The first-order valence-corrected chi connectivity index (χ1v) is 5.13. The fraction of sp³-hybridized carbons (Fsp3) is 0.909. The molecule has 0 bridgehead atoms. The first-order chi connectivity index (χ1) is 6.48. The molecule has 82 valence electrons. The van der Waals surface area contributed by atoms with Crippen LogP contribution < -0.4 is 5.32 Å². The van der Waals surface area contributed by atoms with E-state index in [0.29, 0.717) is 12.5 Å². The molecule has 0 aliphatic carbocycles. The molecule has 1 unspecified atom stereocenters. The lowest BCUT2D eigenvalue weighted by molar-refractivity contribution is 0.110. The first-order valence-electron chi connectivity index (χ1n) is 5.13. The average molecular weight is 198 g/mol. The van der Waals surface area contributed by atoms with Crippen molar-refractivity contribution >= 4 is 0 Å². The van der Waals surface area contributed by atoms with Crippen molar-refractivity contribution in [3.8, 4) is 6.07 Å². The molecule has 0 saturated heterocycles. The van der Waals surface area contributed by atoms with Gasteiger partial charge in [-0.15, -0.1) is 0 Å². The van der Waals surface area contributed by atoms with E-state index in [1.807, 2.05) is 13.8 Å². The molecule has 0 amide bonds. The van der Waals surface area contributed by atoms with Gasteiger partial charge in [0.05, 0.1) is 12.7 Å². The highest BCUT2D eigenvalue weighted by molar-refractivity contribution is 5.09. The third-order valence-corrected chi connectivity index (χ3v) is 2.38. The molecule has 0 heterocycles. The van der Waals surface area contributed by atoms with E-state index in [0.717, 1.165) is 6.54 Å². The van der Waals surface area contributed by atoms with Crippen molar-refractivity contribution in [2.45, 2.75) is 33.2 Å². The minimum Gasteiger partial charge on any atom is -0.382 e. The Morgan fingerprint density at radius 1 is 1.36 bits per heavy atom. The summed E-state index contributed by atoms with van der Waals surface area (Å²) >= 11 is 0. The fourth-order valence-corrected chi connectivity index (χ4v) is 1.24. The number of rotatable bonds is 6. The second-order valence-electron chi connectivity index (χ2n) is 4.45. The molecule has 3 nitrogen and oxygen atoms in total. The number of nitrogens with one attached hydrogen (secondary N) is 1. The van der Waals surface area contributed by atoms with Gasteiger partial charge in [0.1, 0.15) is 5.54 Å². The zero-order valence-corrected chi connectivity index (χ0v) is 9.92. The molecule has 0 aliphatic rings. The maximum Gasteiger partial charge on any atom is 0.132 e. The SMILES string of the molecule is COCC(C#N)(NCC(C)C)C(C)C. The minimum atomic E-state index is -0.543. The molecule has 0 fully saturated rings. The fourth-order valence-electron chi connectivity index (χ4n) is 1.24. The van der Waals surface area contributed by atoms with Gasteiger partial charge in [-0.25, -0.2) is 0 Å². The molecule has 0 spiro atoms. The Kier molecular flexibility index (Phi) is 5.75. The molecule has 0 aromatic carbocycles. The van der Waals surface area contributed by atoms with Crippen molar-refractivity contribution < 1.29 is 4.74 Å². The van der Waals surface area contributed by atoms with Gasteiger partial charge in [-0.1, -0.05) is 27.7 Å². The molecule has 0 aromatic rings. The van der Waals surface area contributed by atoms with Crippen LogP contribution in [0.15, 0.2) is 0 Å². The Morgan fingerprint density at radius 2 is 1.93 bits per heavy atom. The molecule has 0 aliphatic heterocycles. The van der Waals surface area contributed by atoms with E-state index in [1.165, 1.54) is 0 Å². The van der Waals surface area contributed by atoms with Gasteiger partial charge in [-0.05, 0) is 18.4 Å². The lowest BCUT2D eigenvalue weighted by atomic mass is 9.88. The Labute approximate surface area is 87.4 Å². The van der Waals surface area contributed by atoms with Crippen LogP contribution in [0, 0.1) is 23.2 Å². The topological polar surface area (TPSA) is 45.0 Å². The molecule has 0 radical (unpaired) electrons. The zero-order valence-electron chi connectivity index (χ0n) is 9.92. The van der Waals surface area contributed by atoms with Gasteiger partial charge in [0, 0.05) is 7.11 Å². The van der Waals surface area contributed by atoms with Crippen molar-refractivity contribution in [3.63, 3.8) is 0 Å². The Balaban J connectivity index is 4.44. The molecule has 14 heavy (non-hydrogen) atoms. The third-order valence-electron chi connectivity index (χ3n) is 2.38. The number of ether oxygens (including phenoxy) is 1. The van der Waals surface area contributed by atoms with Crippen molar-refractivity contribution in [2.75, 3.05) is 20.3 Å². The molecule has 3 heteroatoms. The summed E-state index contributed by atoms with van der Waals surface area (Å²) in [5.74, 6) is 0.782. The van der Waals surface area contributed by atoms with Gasteiger partial charge in [0.15, 0.2) is 0 Å². The lowest BCUT2D eigenvalue weighted by Gasteiger charge is -2.31. The molecule has 0 aromatic heterocycles. The number of hydrogen-bond donors (Lipinski definition) is 1. The van der Waals surface area contributed by atoms with E-state index < -0.39 is 5.54 Å². The van der Waals surface area contributed by atoms with Crippen LogP contribution >= 0.6 is 0 Å². The van der Waals surface area contributed by atoms with Crippen molar-refractivity contribution in [1.82, 2.24) is 5.32 Å². The number of hydrogen-bond acceptors (Lipinski definition) is 3. The second-order valence-corrected chi connectivity index (χ2v) is 4.45. The minimum absolute atomic E-state index is 0.242. The van der Waals surface area contributed by atoms with E-state index in [1.54, 1.807) is 7.11 Å². The quantitative estimate of drug-likeness (QED) is 0.707. The van der Waals surface area contributed by atoms with Crippen molar-refractivity contribution in [1.29, 1.82) is 5.26 Å². The van der Waals surface area contributed by atoms with Crippen LogP contribution in [0.3, 0.4) is 0 Å². The van der Waals surface area contributed by atoms with Gasteiger partial charge < -0.3 is 4.74 Å². The number of nitriles is 1. The first kappa shape index (κ1) is 13.4. The summed E-state index contributed by atoms with van der Waals surface area (Å²) in [6, 6.07) is 2.34. The predicted molar refractivity (Wildman–Crippen MR) is 57.9 cm³/mol. The number of nitrogens with zero attached hydrogens (tertiary/aromatic N) is 1. The van der Waals surface area contributed by atoms with Crippen LogP contribution in [-0.2, 0) is 4.74 Å². The van der Waals surface area contributed by atoms with Crippen LogP contribution in [-0.4, -0.2) is 25.8 Å². The summed E-state index contributed by atoms with van der Waals surface area (Å²) < 4.78 is 5.11. The molecular weight excluding hydrogens is 176 g/mol. The van der Waals surface area contributed by atoms with Crippen LogP contribution in [0.4, 0.5) is 0 Å². The van der Waals surface area contributed by atoms with Gasteiger partial charge in [0.2, 0.25) is 0 Å². The summed E-state index contributed by atoms with van der Waals surface area (Å²) in [7, 11) is 1.63. The maximum atomic E-state index is 9.20. The van der Waals surface area contributed by atoms with Crippen LogP contribution in [0.1, 0.15) is 27.7 Å². The van der Waals surface area contributed by atoms with Gasteiger partial charge >= 0.3 is 0 Å². The summed E-state index contributed by atoms with van der Waals surface area (Å²) in [5.41, 5.74) is -0.543. The summed E-state index contributed by atoms with van der Waals surface area (Å²) in [6.07, 6.45) is 0. The van der Waals surface area contributed by atoms with Gasteiger partial charge in [-0.3, -0.25) is 5.32 Å². The standard InChI is InChI=1S/C11H22N2O/c1-9(2)6-13-11(7-12,8-14-5)10(3)4/h9-10,13H,6,8H2,1-5H3. The average Bonchev–Trinajstić information content (AvgIpc) is 2.11. The third kappa shape index (κ3) is 3.65. The second kappa shape index (κ2) is 6.00. The zero-order chi connectivity index (χ0) is 11.2. The van der Waals surface area contributed by atoms with Crippen LogP contribution in [0.5, 0.6) is 0 Å². The lowest BCUT2D eigenvalue weighted by Crippen LogP contribution is -2.53. The van der Waals surface area contributed by atoms with Gasteiger partial charge in [0.25, 0.3) is 0 Å². The largest absolute Gasteiger partial charge is 0.382 e. The smallest absolute Gasteiger partial charge is 0.132 e. The van der Waals surface area contributed by atoms with E-state index in [2.05, 4.69) is 25.2 Å².